The quantitative estimate of drug-likeness (QED) is 0.810. The second-order valence-corrected chi connectivity index (χ2v) is 5.04. The van der Waals surface area contributed by atoms with Gasteiger partial charge < -0.3 is 9.64 Å². The molecule has 0 N–H and O–H groups in total. The number of hydrogen-bond donors (Lipinski definition) is 0. The summed E-state index contributed by atoms with van der Waals surface area (Å²) in [6, 6.07) is 11.2. The van der Waals surface area contributed by atoms with Gasteiger partial charge in [0.05, 0.1) is 18.9 Å². The molecule has 1 fully saturated rings. The molecule has 1 aliphatic heterocycles. The van der Waals surface area contributed by atoms with Crippen LogP contribution < -0.4 is 4.90 Å². The fraction of sp³-hybridized carbons (Fsp3) is 0.235. The van der Waals surface area contributed by atoms with Crippen molar-refractivity contribution in [2.45, 2.75) is 0 Å². The second-order valence-electron chi connectivity index (χ2n) is 5.04. The van der Waals surface area contributed by atoms with E-state index in [4.69, 9.17) is 4.74 Å². The molecule has 3 rings (SSSR count). The maximum absolute atomic E-state index is 13.5. The van der Waals surface area contributed by atoms with Crippen molar-refractivity contribution in [2.75, 3.05) is 31.2 Å². The molecule has 1 heterocycles. The summed E-state index contributed by atoms with van der Waals surface area (Å²) in [7, 11) is 0. The largest absolute Gasteiger partial charge is 0.378 e. The molecular weight excluding hydrogens is 286 g/mol. The lowest BCUT2D eigenvalue weighted by Gasteiger charge is -2.28. The van der Waals surface area contributed by atoms with E-state index >= 15 is 0 Å². The Bertz CT molecular complexity index is 665. The van der Waals surface area contributed by atoms with Crippen LogP contribution in [0, 0.1) is 11.6 Å². The lowest BCUT2D eigenvalue weighted by atomic mass is 10.2. The second kappa shape index (κ2) is 6.66. The van der Waals surface area contributed by atoms with Crippen LogP contribution >= 0.6 is 0 Å². The van der Waals surface area contributed by atoms with Crippen LogP contribution in [0.3, 0.4) is 0 Å². The molecule has 0 saturated carbocycles. The first kappa shape index (κ1) is 14.7. The van der Waals surface area contributed by atoms with Crippen LogP contribution in [0.25, 0.3) is 0 Å². The Balaban J connectivity index is 1.71. The van der Waals surface area contributed by atoms with E-state index in [1.807, 2.05) is 24.3 Å². The number of aliphatic imine (C=N–C) groups is 1. The summed E-state index contributed by atoms with van der Waals surface area (Å²) < 4.78 is 31.6. The third kappa shape index (κ3) is 3.49. The molecule has 0 spiro atoms. The van der Waals surface area contributed by atoms with Crippen LogP contribution in [0.15, 0.2) is 47.5 Å². The molecule has 0 aliphatic carbocycles. The highest BCUT2D eigenvalue weighted by Gasteiger charge is 2.10. The van der Waals surface area contributed by atoms with Crippen molar-refractivity contribution in [1.29, 1.82) is 0 Å². The van der Waals surface area contributed by atoms with Crippen molar-refractivity contribution in [1.82, 2.24) is 0 Å². The zero-order valence-corrected chi connectivity index (χ0v) is 12.0. The molecule has 114 valence electrons. The summed E-state index contributed by atoms with van der Waals surface area (Å²) in [6.45, 7) is 3.25. The Hall–Kier alpha value is -2.27. The van der Waals surface area contributed by atoms with Crippen LogP contribution in [0.4, 0.5) is 20.2 Å². The predicted octanol–water partition coefficient (Wildman–Crippen LogP) is 3.55. The Morgan fingerprint density at radius 2 is 1.73 bits per heavy atom. The van der Waals surface area contributed by atoms with E-state index in [0.29, 0.717) is 0 Å². The fourth-order valence-corrected chi connectivity index (χ4v) is 2.32. The third-order valence-corrected chi connectivity index (χ3v) is 3.53. The molecule has 2 aromatic rings. The molecule has 5 heteroatoms. The highest BCUT2D eigenvalue weighted by Crippen LogP contribution is 2.19. The van der Waals surface area contributed by atoms with Crippen LogP contribution in [0.5, 0.6) is 0 Å². The first-order valence-electron chi connectivity index (χ1n) is 7.14. The van der Waals surface area contributed by atoms with Gasteiger partial charge in [0.15, 0.2) is 5.82 Å². The van der Waals surface area contributed by atoms with Crippen LogP contribution in [0.1, 0.15) is 5.56 Å². The number of hydrogen-bond acceptors (Lipinski definition) is 3. The van der Waals surface area contributed by atoms with E-state index in [9.17, 15) is 8.78 Å². The summed E-state index contributed by atoms with van der Waals surface area (Å²) in [5.41, 5.74) is 2.12. The number of ether oxygens (including phenoxy) is 1. The summed E-state index contributed by atoms with van der Waals surface area (Å²) in [4.78, 5) is 6.31. The fourth-order valence-electron chi connectivity index (χ4n) is 2.32. The maximum Gasteiger partial charge on any atom is 0.151 e. The highest BCUT2D eigenvalue weighted by atomic mass is 19.1. The molecule has 0 bridgehead atoms. The number of benzene rings is 2. The van der Waals surface area contributed by atoms with Crippen LogP contribution in [0.2, 0.25) is 0 Å². The van der Waals surface area contributed by atoms with Crippen LogP contribution in [-0.4, -0.2) is 32.5 Å². The van der Waals surface area contributed by atoms with Crippen molar-refractivity contribution in [3.8, 4) is 0 Å². The molecule has 0 atom stereocenters. The third-order valence-electron chi connectivity index (χ3n) is 3.53. The highest BCUT2D eigenvalue weighted by molar-refractivity contribution is 5.82. The van der Waals surface area contributed by atoms with E-state index in [0.717, 1.165) is 43.6 Å². The number of anilines is 1. The predicted molar refractivity (Wildman–Crippen MR) is 83.1 cm³/mol. The van der Waals surface area contributed by atoms with Crippen molar-refractivity contribution >= 4 is 17.6 Å². The Morgan fingerprint density at radius 3 is 2.41 bits per heavy atom. The number of rotatable bonds is 3. The molecule has 22 heavy (non-hydrogen) atoms. The van der Waals surface area contributed by atoms with Gasteiger partial charge in [-0.3, -0.25) is 4.99 Å². The maximum atomic E-state index is 13.5. The summed E-state index contributed by atoms with van der Waals surface area (Å²) in [5.74, 6) is -1.27. The van der Waals surface area contributed by atoms with Crippen molar-refractivity contribution in [3.05, 3.63) is 59.7 Å². The zero-order valence-electron chi connectivity index (χ0n) is 12.0. The Morgan fingerprint density at radius 1 is 1.00 bits per heavy atom. The van der Waals surface area contributed by atoms with Gasteiger partial charge in [0.1, 0.15) is 5.82 Å². The first-order chi connectivity index (χ1) is 10.7. The van der Waals surface area contributed by atoms with Gasteiger partial charge in [-0.2, -0.15) is 0 Å². The smallest absolute Gasteiger partial charge is 0.151 e. The average Bonchev–Trinajstić information content (AvgIpc) is 2.55. The summed E-state index contributed by atoms with van der Waals surface area (Å²) in [6.07, 6.45) is 1.57. The van der Waals surface area contributed by atoms with Gasteiger partial charge in [-0.25, -0.2) is 8.78 Å². The number of nitrogens with zero attached hydrogens (tertiary/aromatic N) is 2. The van der Waals surface area contributed by atoms with E-state index in [1.165, 1.54) is 12.1 Å². The minimum Gasteiger partial charge on any atom is -0.378 e. The van der Waals surface area contributed by atoms with Gasteiger partial charge in [-0.1, -0.05) is 12.1 Å². The average molecular weight is 302 g/mol. The normalized spacial score (nSPS) is 15.5. The van der Waals surface area contributed by atoms with Gasteiger partial charge in [0.2, 0.25) is 0 Å². The molecule has 0 amide bonds. The number of halogens is 2. The molecule has 1 saturated heterocycles. The Kier molecular flexibility index (Phi) is 4.44. The van der Waals surface area contributed by atoms with Gasteiger partial charge in [-0.15, -0.1) is 0 Å². The molecule has 1 aliphatic rings. The summed E-state index contributed by atoms with van der Waals surface area (Å²) in [5, 5.41) is 0. The van der Waals surface area contributed by atoms with Gasteiger partial charge in [-0.05, 0) is 29.8 Å². The first-order valence-corrected chi connectivity index (χ1v) is 7.14. The van der Waals surface area contributed by atoms with Crippen molar-refractivity contribution in [3.63, 3.8) is 0 Å². The van der Waals surface area contributed by atoms with E-state index < -0.39 is 11.6 Å². The molecule has 2 aromatic carbocycles. The molecule has 0 aromatic heterocycles. The van der Waals surface area contributed by atoms with Gasteiger partial charge in [0.25, 0.3) is 0 Å². The topological polar surface area (TPSA) is 24.8 Å². The lowest BCUT2D eigenvalue weighted by Crippen LogP contribution is -2.36. The molecular formula is C17H16F2N2O. The van der Waals surface area contributed by atoms with Crippen molar-refractivity contribution in [2.24, 2.45) is 4.99 Å². The summed E-state index contributed by atoms with van der Waals surface area (Å²) >= 11 is 0. The van der Waals surface area contributed by atoms with E-state index in [1.54, 1.807) is 6.21 Å². The Labute approximate surface area is 127 Å². The standard InChI is InChI=1S/C17H16F2N2O/c18-14-3-6-17(16(19)11-14)20-12-13-1-4-15(5-2-13)21-7-9-22-10-8-21/h1-6,11-12H,7-10H2. The van der Waals surface area contributed by atoms with E-state index in [2.05, 4.69) is 9.89 Å². The van der Waals surface area contributed by atoms with Crippen LogP contribution in [-0.2, 0) is 4.74 Å². The molecule has 0 radical (unpaired) electrons. The van der Waals surface area contributed by atoms with Crippen molar-refractivity contribution < 1.29 is 13.5 Å². The van der Waals surface area contributed by atoms with E-state index in [-0.39, 0.29) is 5.69 Å². The molecule has 3 nitrogen and oxygen atoms in total. The van der Waals surface area contributed by atoms with Gasteiger partial charge in [0, 0.05) is 31.1 Å². The minimum atomic E-state index is -0.666. The monoisotopic (exact) mass is 302 g/mol. The minimum absolute atomic E-state index is 0.124. The SMILES string of the molecule is Fc1ccc(N=Cc2ccc(N3CCOCC3)cc2)c(F)c1. The molecule has 0 unspecified atom stereocenters. The zero-order chi connectivity index (χ0) is 15.4. The number of morpholine rings is 1. The lowest BCUT2D eigenvalue weighted by molar-refractivity contribution is 0.122. The van der Waals surface area contributed by atoms with Gasteiger partial charge >= 0.3 is 0 Å².